The van der Waals surface area contributed by atoms with E-state index in [4.69, 9.17) is 0 Å². The molecule has 0 saturated heterocycles. The summed E-state index contributed by atoms with van der Waals surface area (Å²) in [5.41, 5.74) is -1.90. The zero-order chi connectivity index (χ0) is 16.4. The second-order valence-corrected chi connectivity index (χ2v) is 5.07. The summed E-state index contributed by atoms with van der Waals surface area (Å²) in [6.45, 7) is 1.47. The number of aromatic nitrogens is 7. The fraction of sp³-hybridized carbons (Fsp3) is 0.308. The van der Waals surface area contributed by atoms with Gasteiger partial charge in [-0.15, -0.1) is 10.2 Å². The van der Waals surface area contributed by atoms with Gasteiger partial charge in [-0.2, -0.15) is 9.90 Å². The summed E-state index contributed by atoms with van der Waals surface area (Å²) in [7, 11) is 0. The van der Waals surface area contributed by atoms with Crippen molar-refractivity contribution in [3.8, 4) is 0 Å². The molecule has 23 heavy (non-hydrogen) atoms. The molecule has 0 saturated carbocycles. The molecule has 1 N–H and O–H groups in total. The minimum absolute atomic E-state index is 0.0980. The number of rotatable bonds is 5. The third-order valence-electron chi connectivity index (χ3n) is 3.67. The van der Waals surface area contributed by atoms with Gasteiger partial charge in [0.25, 0.3) is 0 Å². The monoisotopic (exact) mass is 321 g/mol. The molecule has 3 aromatic rings. The predicted molar refractivity (Wildman–Crippen MR) is 72.8 cm³/mol. The van der Waals surface area contributed by atoms with Crippen LogP contribution in [0.4, 0.5) is 8.78 Å². The van der Waals surface area contributed by atoms with Crippen LogP contribution >= 0.6 is 0 Å². The minimum atomic E-state index is -1.80. The molecule has 2 atom stereocenters. The average molecular weight is 321 g/mol. The Labute approximate surface area is 129 Å². The summed E-state index contributed by atoms with van der Waals surface area (Å²) in [5, 5.41) is 26.3. The van der Waals surface area contributed by atoms with Gasteiger partial charge < -0.3 is 5.11 Å². The van der Waals surface area contributed by atoms with Gasteiger partial charge in [-0.05, 0) is 18.2 Å². The van der Waals surface area contributed by atoms with E-state index in [0.717, 1.165) is 10.9 Å². The molecular weight excluding hydrogens is 308 g/mol. The van der Waals surface area contributed by atoms with Crippen LogP contribution in [0.3, 0.4) is 0 Å². The van der Waals surface area contributed by atoms with Crippen LogP contribution in [0, 0.1) is 11.6 Å². The second-order valence-electron chi connectivity index (χ2n) is 5.07. The van der Waals surface area contributed by atoms with E-state index < -0.39 is 23.3 Å². The molecule has 0 radical (unpaired) electrons. The lowest BCUT2D eigenvalue weighted by Crippen LogP contribution is -2.41. The van der Waals surface area contributed by atoms with Crippen molar-refractivity contribution in [2.24, 2.45) is 0 Å². The van der Waals surface area contributed by atoms with Gasteiger partial charge in [0.2, 0.25) is 0 Å². The maximum absolute atomic E-state index is 14.3. The van der Waals surface area contributed by atoms with Gasteiger partial charge in [-0.1, -0.05) is 6.07 Å². The summed E-state index contributed by atoms with van der Waals surface area (Å²) in [6.07, 6.45) is 3.88. The number of halogens is 2. The Morgan fingerprint density at radius 2 is 2.09 bits per heavy atom. The molecule has 1 aromatic carbocycles. The molecule has 0 bridgehead atoms. The normalized spacial score (nSPS) is 15.3. The van der Waals surface area contributed by atoms with E-state index in [1.165, 1.54) is 29.7 Å². The Bertz CT molecular complexity index is 778. The van der Waals surface area contributed by atoms with Crippen LogP contribution in [0.25, 0.3) is 0 Å². The molecule has 2 aromatic heterocycles. The Morgan fingerprint density at radius 1 is 1.26 bits per heavy atom. The highest BCUT2D eigenvalue weighted by Gasteiger charge is 2.41. The van der Waals surface area contributed by atoms with E-state index in [0.29, 0.717) is 6.07 Å². The number of aliphatic hydroxyl groups is 1. The predicted octanol–water partition coefficient (Wildman–Crippen LogP) is 0.692. The van der Waals surface area contributed by atoms with Gasteiger partial charge in [0.05, 0.1) is 6.54 Å². The molecule has 0 amide bonds. The molecule has 0 spiro atoms. The lowest BCUT2D eigenvalue weighted by Gasteiger charge is -2.33. The van der Waals surface area contributed by atoms with Crippen LogP contribution in [-0.2, 0) is 12.1 Å². The summed E-state index contributed by atoms with van der Waals surface area (Å²) in [5.74, 6) is -1.61. The van der Waals surface area contributed by atoms with Crippen molar-refractivity contribution in [1.82, 2.24) is 35.0 Å². The Hall–Kier alpha value is -2.75. The first kappa shape index (κ1) is 15.2. The van der Waals surface area contributed by atoms with Crippen molar-refractivity contribution in [2.75, 3.05) is 0 Å². The zero-order valence-electron chi connectivity index (χ0n) is 12.1. The Morgan fingerprint density at radius 3 is 2.70 bits per heavy atom. The standard InChI is InChI=1S/C13H13F2N7O/c1-9(22-19-7-17-20-22)13(23,5-21-8-16-6-18-21)11-3-2-10(14)4-12(11)15/h2-4,6-9,23H,5H2,1H3/t9-,13-/m0/s1. The first-order valence-electron chi connectivity index (χ1n) is 6.73. The van der Waals surface area contributed by atoms with Gasteiger partial charge in [0, 0.05) is 11.6 Å². The molecular formula is C13H13F2N7O. The highest BCUT2D eigenvalue weighted by atomic mass is 19.1. The lowest BCUT2D eigenvalue weighted by atomic mass is 9.86. The van der Waals surface area contributed by atoms with E-state index in [1.807, 2.05) is 0 Å². The molecule has 0 aliphatic carbocycles. The molecule has 0 aliphatic heterocycles. The van der Waals surface area contributed by atoms with Crippen LogP contribution < -0.4 is 0 Å². The molecule has 0 aliphatic rings. The fourth-order valence-electron chi connectivity index (χ4n) is 2.39. The summed E-state index contributed by atoms with van der Waals surface area (Å²) < 4.78 is 28.8. The summed E-state index contributed by atoms with van der Waals surface area (Å²) >= 11 is 0. The van der Waals surface area contributed by atoms with E-state index in [1.54, 1.807) is 6.92 Å². The van der Waals surface area contributed by atoms with Gasteiger partial charge in [-0.25, -0.2) is 18.4 Å². The SMILES string of the molecule is C[C@H](n1ncnn1)[C@@](O)(Cn1cncn1)c1ccc(F)cc1F. The van der Waals surface area contributed by atoms with Crippen LogP contribution in [0.2, 0.25) is 0 Å². The zero-order valence-corrected chi connectivity index (χ0v) is 12.1. The van der Waals surface area contributed by atoms with Crippen molar-refractivity contribution >= 4 is 0 Å². The third-order valence-corrected chi connectivity index (χ3v) is 3.67. The first-order chi connectivity index (χ1) is 11.0. The van der Waals surface area contributed by atoms with Crippen molar-refractivity contribution in [2.45, 2.75) is 25.1 Å². The molecule has 10 heteroatoms. The quantitative estimate of drug-likeness (QED) is 0.743. The largest absolute Gasteiger partial charge is 0.381 e. The van der Waals surface area contributed by atoms with Crippen molar-refractivity contribution in [3.63, 3.8) is 0 Å². The lowest BCUT2D eigenvalue weighted by molar-refractivity contribution is -0.0418. The van der Waals surface area contributed by atoms with E-state index in [2.05, 4.69) is 25.5 Å². The third kappa shape index (κ3) is 2.80. The van der Waals surface area contributed by atoms with Crippen molar-refractivity contribution in [1.29, 1.82) is 0 Å². The Balaban J connectivity index is 2.08. The first-order valence-corrected chi connectivity index (χ1v) is 6.73. The topological polar surface area (TPSA) is 94.5 Å². The molecule has 3 rings (SSSR count). The van der Waals surface area contributed by atoms with Crippen LogP contribution in [0.5, 0.6) is 0 Å². The molecule has 120 valence electrons. The van der Waals surface area contributed by atoms with E-state index in [9.17, 15) is 13.9 Å². The molecule has 0 fully saturated rings. The molecule has 8 nitrogen and oxygen atoms in total. The number of tetrazole rings is 1. The smallest absolute Gasteiger partial charge is 0.162 e. The average Bonchev–Trinajstić information content (AvgIpc) is 3.19. The van der Waals surface area contributed by atoms with E-state index in [-0.39, 0.29) is 12.1 Å². The van der Waals surface area contributed by atoms with Crippen LogP contribution in [0.1, 0.15) is 18.5 Å². The van der Waals surface area contributed by atoms with Crippen molar-refractivity contribution in [3.05, 3.63) is 54.4 Å². The number of hydrogen-bond acceptors (Lipinski definition) is 6. The molecule has 0 unspecified atom stereocenters. The fourth-order valence-corrected chi connectivity index (χ4v) is 2.39. The number of hydrogen-bond donors (Lipinski definition) is 1. The number of nitrogens with zero attached hydrogens (tertiary/aromatic N) is 7. The van der Waals surface area contributed by atoms with Crippen LogP contribution in [-0.4, -0.2) is 40.1 Å². The van der Waals surface area contributed by atoms with Gasteiger partial charge >= 0.3 is 0 Å². The second kappa shape index (κ2) is 5.80. The minimum Gasteiger partial charge on any atom is -0.381 e. The highest BCUT2D eigenvalue weighted by Crippen LogP contribution is 2.35. The maximum Gasteiger partial charge on any atom is 0.162 e. The van der Waals surface area contributed by atoms with Gasteiger partial charge in [-0.3, -0.25) is 0 Å². The highest BCUT2D eigenvalue weighted by molar-refractivity contribution is 5.26. The van der Waals surface area contributed by atoms with E-state index >= 15 is 0 Å². The Kier molecular flexibility index (Phi) is 3.82. The number of benzene rings is 1. The van der Waals surface area contributed by atoms with Crippen LogP contribution in [0.15, 0.2) is 37.2 Å². The van der Waals surface area contributed by atoms with Crippen molar-refractivity contribution < 1.29 is 13.9 Å². The van der Waals surface area contributed by atoms with Gasteiger partial charge in [0.15, 0.2) is 6.33 Å². The summed E-state index contributed by atoms with van der Waals surface area (Å²) in [6, 6.07) is 2.18. The van der Waals surface area contributed by atoms with Gasteiger partial charge in [0.1, 0.15) is 35.9 Å². The molecule has 2 heterocycles. The maximum atomic E-state index is 14.3. The summed E-state index contributed by atoms with van der Waals surface area (Å²) in [4.78, 5) is 4.95.